The fourth-order valence-electron chi connectivity index (χ4n) is 4.81. The van der Waals surface area contributed by atoms with Crippen molar-refractivity contribution in [2.45, 2.75) is 26.2 Å². The number of hydrogen-bond acceptors (Lipinski definition) is 5. The molecule has 0 unspecified atom stereocenters. The third-order valence-electron chi connectivity index (χ3n) is 6.69. The van der Waals surface area contributed by atoms with Crippen molar-refractivity contribution in [2.75, 3.05) is 31.1 Å². The summed E-state index contributed by atoms with van der Waals surface area (Å²) in [6, 6.07) is 13.8. The highest BCUT2D eigenvalue weighted by Gasteiger charge is 2.32. The second-order valence-electron chi connectivity index (χ2n) is 8.92. The highest BCUT2D eigenvalue weighted by atomic mass is 79.9. The number of carbonyl (C=O) groups excluding carboxylic acids is 2. The standard InChI is InChI=1S/C27H26BrFN4O3/c1-17-24-21(30-31-26(34)18-7-2-3-8-19(18)28)10-6-12-23(24)36-25(17)27(35)33-15-13-32(14-16-33)22-11-5-4-9-20(22)29/h2-5,7-9,11H,6,10,12-16H2,1H3,(H,31,34)/b30-21+. The van der Waals surface area contributed by atoms with Crippen LogP contribution < -0.4 is 10.3 Å². The zero-order chi connectivity index (χ0) is 25.2. The number of fused-ring (bicyclic) bond motifs is 1. The number of aryl methyl sites for hydroxylation is 1. The van der Waals surface area contributed by atoms with Crippen molar-refractivity contribution in [3.63, 3.8) is 0 Å². The topological polar surface area (TPSA) is 78.2 Å². The maximum atomic E-state index is 14.2. The molecule has 1 aliphatic heterocycles. The Morgan fingerprint density at radius 3 is 2.50 bits per heavy atom. The summed E-state index contributed by atoms with van der Waals surface area (Å²) in [5.74, 6) is 0.288. The third kappa shape index (κ3) is 4.67. The van der Waals surface area contributed by atoms with Crippen molar-refractivity contribution in [1.82, 2.24) is 10.3 Å². The van der Waals surface area contributed by atoms with Gasteiger partial charge in [-0.2, -0.15) is 5.10 Å². The maximum absolute atomic E-state index is 14.2. The molecular weight excluding hydrogens is 527 g/mol. The van der Waals surface area contributed by atoms with E-state index in [9.17, 15) is 14.0 Å². The van der Waals surface area contributed by atoms with Gasteiger partial charge in [0.25, 0.3) is 11.8 Å². The molecular formula is C27H26BrFN4O3. The Labute approximate surface area is 217 Å². The van der Waals surface area contributed by atoms with Crippen molar-refractivity contribution in [3.05, 3.63) is 87.0 Å². The van der Waals surface area contributed by atoms with Crippen molar-refractivity contribution >= 4 is 39.1 Å². The van der Waals surface area contributed by atoms with Gasteiger partial charge in [0.15, 0.2) is 5.76 Å². The number of furan rings is 1. The molecule has 3 aromatic rings. The van der Waals surface area contributed by atoms with Gasteiger partial charge < -0.3 is 14.2 Å². The van der Waals surface area contributed by atoms with E-state index in [-0.39, 0.29) is 17.6 Å². The van der Waals surface area contributed by atoms with Crippen molar-refractivity contribution in [3.8, 4) is 0 Å². The normalized spacial score (nSPS) is 16.7. The largest absolute Gasteiger partial charge is 0.455 e. The lowest BCUT2D eigenvalue weighted by Gasteiger charge is -2.35. The van der Waals surface area contributed by atoms with Crippen LogP contribution >= 0.6 is 15.9 Å². The number of halogens is 2. The van der Waals surface area contributed by atoms with Crippen LogP contribution in [-0.2, 0) is 6.42 Å². The van der Waals surface area contributed by atoms with Crippen LogP contribution in [0.2, 0.25) is 0 Å². The number of hydrogen-bond donors (Lipinski definition) is 1. The lowest BCUT2D eigenvalue weighted by atomic mass is 9.93. The quantitative estimate of drug-likeness (QED) is 0.466. The van der Waals surface area contributed by atoms with Crippen LogP contribution in [0.25, 0.3) is 0 Å². The molecule has 7 nitrogen and oxygen atoms in total. The Morgan fingerprint density at radius 2 is 1.75 bits per heavy atom. The summed E-state index contributed by atoms with van der Waals surface area (Å²) >= 11 is 3.39. The van der Waals surface area contributed by atoms with Crippen LogP contribution in [0.3, 0.4) is 0 Å². The Hall–Kier alpha value is -3.46. The molecule has 5 rings (SSSR count). The highest BCUT2D eigenvalue weighted by molar-refractivity contribution is 9.10. The van der Waals surface area contributed by atoms with Crippen molar-refractivity contribution in [1.29, 1.82) is 0 Å². The van der Waals surface area contributed by atoms with Gasteiger partial charge in [-0.05, 0) is 60.0 Å². The Morgan fingerprint density at radius 1 is 1.03 bits per heavy atom. The predicted octanol–water partition coefficient (Wildman–Crippen LogP) is 4.92. The van der Waals surface area contributed by atoms with Gasteiger partial charge in [0, 0.05) is 48.2 Å². The van der Waals surface area contributed by atoms with Crippen LogP contribution in [0.4, 0.5) is 10.1 Å². The molecule has 1 aliphatic carbocycles. The van der Waals surface area contributed by atoms with Gasteiger partial charge >= 0.3 is 0 Å². The minimum atomic E-state index is -0.313. The zero-order valence-corrected chi connectivity index (χ0v) is 21.5. The SMILES string of the molecule is Cc1c(C(=O)N2CCN(c3ccccc3F)CC2)oc2c1/C(=N/NC(=O)c1ccccc1Br)CCC2. The van der Waals surface area contributed by atoms with E-state index >= 15 is 0 Å². The molecule has 0 bridgehead atoms. The van der Waals surface area contributed by atoms with Crippen LogP contribution in [0.5, 0.6) is 0 Å². The summed E-state index contributed by atoms with van der Waals surface area (Å²) in [5, 5.41) is 4.41. The molecule has 2 heterocycles. The van der Waals surface area contributed by atoms with Gasteiger partial charge in [-0.25, -0.2) is 9.82 Å². The Bertz CT molecular complexity index is 1340. The highest BCUT2D eigenvalue weighted by Crippen LogP contribution is 2.31. The molecule has 1 fully saturated rings. The number of nitrogens with zero attached hydrogens (tertiary/aromatic N) is 3. The number of piperazine rings is 1. The second kappa shape index (κ2) is 10.3. The average molecular weight is 553 g/mol. The first-order chi connectivity index (χ1) is 17.4. The number of carbonyl (C=O) groups is 2. The second-order valence-corrected chi connectivity index (χ2v) is 9.77. The number of hydrazone groups is 1. The number of anilines is 1. The first kappa shape index (κ1) is 24.2. The number of benzene rings is 2. The molecule has 9 heteroatoms. The van der Waals surface area contributed by atoms with Crippen LogP contribution in [-0.4, -0.2) is 48.6 Å². The van der Waals surface area contributed by atoms with E-state index < -0.39 is 0 Å². The van der Waals surface area contributed by atoms with Gasteiger partial charge in [-0.15, -0.1) is 0 Å². The molecule has 2 amide bonds. The summed E-state index contributed by atoms with van der Waals surface area (Å²) in [6.07, 6.45) is 2.21. The molecule has 1 saturated heterocycles. The van der Waals surface area contributed by atoms with Crippen molar-refractivity contribution in [2.24, 2.45) is 5.10 Å². The van der Waals surface area contributed by atoms with E-state index in [0.29, 0.717) is 66.2 Å². The monoisotopic (exact) mass is 552 g/mol. The fraction of sp³-hybridized carbons (Fsp3) is 0.296. The Kier molecular flexibility index (Phi) is 6.91. The number of nitrogens with one attached hydrogen (secondary N) is 1. The average Bonchev–Trinajstić information content (AvgIpc) is 3.24. The molecule has 186 valence electrons. The molecule has 1 N–H and O–H groups in total. The molecule has 36 heavy (non-hydrogen) atoms. The van der Waals surface area contributed by atoms with Gasteiger partial charge in [-0.3, -0.25) is 9.59 Å². The molecule has 2 aromatic carbocycles. The van der Waals surface area contributed by atoms with E-state index in [0.717, 1.165) is 23.3 Å². The smallest absolute Gasteiger partial charge is 0.289 e. The van der Waals surface area contributed by atoms with E-state index in [1.165, 1.54) is 6.07 Å². The maximum Gasteiger partial charge on any atom is 0.289 e. The molecule has 0 radical (unpaired) electrons. The lowest BCUT2D eigenvalue weighted by molar-refractivity contribution is 0.0711. The molecule has 0 saturated carbocycles. The van der Waals surface area contributed by atoms with Gasteiger partial charge in [-0.1, -0.05) is 24.3 Å². The first-order valence-electron chi connectivity index (χ1n) is 12.0. The van der Waals surface area contributed by atoms with E-state index in [2.05, 4.69) is 26.5 Å². The van der Waals surface area contributed by atoms with Crippen LogP contribution in [0.1, 0.15) is 50.6 Å². The van der Waals surface area contributed by atoms with E-state index in [1.807, 2.05) is 24.0 Å². The minimum Gasteiger partial charge on any atom is -0.455 e. The van der Waals surface area contributed by atoms with E-state index in [4.69, 9.17) is 4.42 Å². The first-order valence-corrected chi connectivity index (χ1v) is 12.8. The zero-order valence-electron chi connectivity index (χ0n) is 19.9. The minimum absolute atomic E-state index is 0.174. The predicted molar refractivity (Wildman–Crippen MR) is 139 cm³/mol. The molecule has 0 spiro atoms. The van der Waals surface area contributed by atoms with Gasteiger partial charge in [0.05, 0.1) is 17.0 Å². The van der Waals surface area contributed by atoms with Gasteiger partial charge in [0.1, 0.15) is 11.6 Å². The molecule has 0 atom stereocenters. The molecule has 1 aromatic heterocycles. The fourth-order valence-corrected chi connectivity index (χ4v) is 5.27. The van der Waals surface area contributed by atoms with Crippen LogP contribution in [0.15, 0.2) is 62.5 Å². The summed E-state index contributed by atoms with van der Waals surface area (Å²) in [6.45, 7) is 3.89. The summed E-state index contributed by atoms with van der Waals surface area (Å²) in [5.41, 5.74) is 5.95. The number of rotatable bonds is 4. The number of amides is 2. The van der Waals surface area contributed by atoms with Crippen molar-refractivity contribution < 1.29 is 18.4 Å². The summed E-state index contributed by atoms with van der Waals surface area (Å²) < 4.78 is 20.9. The van der Waals surface area contributed by atoms with Gasteiger partial charge in [0.2, 0.25) is 0 Å². The summed E-state index contributed by atoms with van der Waals surface area (Å²) in [4.78, 5) is 29.7. The van der Waals surface area contributed by atoms with Crippen LogP contribution in [0, 0.1) is 12.7 Å². The number of para-hydroxylation sites is 1. The lowest BCUT2D eigenvalue weighted by Crippen LogP contribution is -2.49. The Balaban J connectivity index is 1.31. The van der Waals surface area contributed by atoms with E-state index in [1.54, 1.807) is 35.2 Å². The molecule has 2 aliphatic rings. The summed E-state index contributed by atoms with van der Waals surface area (Å²) in [7, 11) is 0. The third-order valence-corrected chi connectivity index (χ3v) is 7.38.